The second kappa shape index (κ2) is 9.03. The van der Waals surface area contributed by atoms with Gasteiger partial charge < -0.3 is 20.1 Å². The van der Waals surface area contributed by atoms with Crippen LogP contribution in [0, 0.1) is 0 Å². The van der Waals surface area contributed by atoms with Gasteiger partial charge in [-0.25, -0.2) is 4.79 Å². The van der Waals surface area contributed by atoms with E-state index >= 15 is 0 Å². The molecule has 0 saturated carbocycles. The summed E-state index contributed by atoms with van der Waals surface area (Å²) in [5.74, 6) is -0.0933. The van der Waals surface area contributed by atoms with Crippen molar-refractivity contribution in [3.8, 4) is 0 Å². The molecule has 3 unspecified atom stereocenters. The summed E-state index contributed by atoms with van der Waals surface area (Å²) in [6.07, 6.45) is -0.0984. The van der Waals surface area contributed by atoms with Crippen molar-refractivity contribution in [1.82, 2.24) is 10.2 Å². The van der Waals surface area contributed by atoms with Crippen molar-refractivity contribution in [2.45, 2.75) is 55.3 Å². The first-order chi connectivity index (χ1) is 12.2. The fraction of sp³-hybridized carbons (Fsp3) is 0.579. The number of hydrogen-bond acceptors (Lipinski definition) is 4. The van der Waals surface area contributed by atoms with E-state index < -0.39 is 17.8 Å². The highest BCUT2D eigenvalue weighted by Gasteiger charge is 2.34. The maximum absolute atomic E-state index is 12.4. The topological polar surface area (TPSA) is 78.9 Å². The van der Waals surface area contributed by atoms with Gasteiger partial charge in [-0.05, 0) is 39.2 Å². The number of carbonyl (C=O) groups excluding carboxylic acids is 2. The molecule has 1 heterocycles. The molecule has 7 heteroatoms. The third kappa shape index (κ3) is 6.42. The van der Waals surface area contributed by atoms with Gasteiger partial charge in [0.25, 0.3) is 0 Å². The summed E-state index contributed by atoms with van der Waals surface area (Å²) in [4.78, 5) is 26.0. The van der Waals surface area contributed by atoms with E-state index in [-0.39, 0.29) is 22.4 Å². The summed E-state index contributed by atoms with van der Waals surface area (Å²) in [5.41, 5.74) is 0.529. The number of piperidine rings is 1. The Kier molecular flexibility index (Phi) is 7.28. The number of nitrogens with zero attached hydrogens (tertiary/aromatic N) is 1. The average Bonchev–Trinajstić information content (AvgIpc) is 2.55. The van der Waals surface area contributed by atoms with Crippen LogP contribution in [0.15, 0.2) is 30.3 Å². The normalized spacial score (nSPS) is 21.8. The molecule has 0 spiro atoms. The van der Waals surface area contributed by atoms with Gasteiger partial charge in [0.1, 0.15) is 5.60 Å². The zero-order valence-electron chi connectivity index (χ0n) is 15.4. The SMILES string of the molecule is CC(C)(C)OC(=O)N1CCC(NC(=O)C(I)Cc2ccccc2)C(O)C1. The standard InChI is InChI=1S/C19H27IN2O4/c1-19(2,3)26-18(25)22-10-9-15(16(23)12-22)21-17(24)14(20)11-13-7-5-4-6-8-13/h4-8,14-16,23H,9-12H2,1-3H3,(H,21,24). The van der Waals surface area contributed by atoms with Gasteiger partial charge in [-0.1, -0.05) is 52.9 Å². The van der Waals surface area contributed by atoms with E-state index in [9.17, 15) is 14.7 Å². The molecule has 1 aromatic carbocycles. The van der Waals surface area contributed by atoms with E-state index in [0.717, 1.165) is 5.56 Å². The van der Waals surface area contributed by atoms with Crippen LogP contribution in [-0.2, 0) is 16.0 Å². The van der Waals surface area contributed by atoms with Crippen molar-refractivity contribution >= 4 is 34.6 Å². The maximum atomic E-state index is 12.4. The van der Waals surface area contributed by atoms with Crippen LogP contribution < -0.4 is 5.32 Å². The lowest BCUT2D eigenvalue weighted by Crippen LogP contribution is -2.56. The Bertz CT molecular complexity index is 618. The Morgan fingerprint density at radius 2 is 2.00 bits per heavy atom. The summed E-state index contributed by atoms with van der Waals surface area (Å²) in [6.45, 7) is 6.02. The van der Waals surface area contributed by atoms with E-state index in [0.29, 0.717) is 19.4 Å². The molecule has 1 aromatic rings. The molecule has 1 aliphatic heterocycles. The molecular weight excluding hydrogens is 447 g/mol. The molecule has 144 valence electrons. The van der Waals surface area contributed by atoms with E-state index in [1.807, 2.05) is 51.1 Å². The zero-order valence-corrected chi connectivity index (χ0v) is 17.6. The van der Waals surface area contributed by atoms with Gasteiger partial charge in [0.05, 0.1) is 22.6 Å². The summed E-state index contributed by atoms with van der Waals surface area (Å²) in [5, 5.41) is 13.3. The number of aliphatic hydroxyl groups is 1. The predicted molar refractivity (Wildman–Crippen MR) is 108 cm³/mol. The molecule has 1 saturated heterocycles. The lowest BCUT2D eigenvalue weighted by Gasteiger charge is -2.37. The Labute approximate surface area is 168 Å². The molecule has 0 bridgehead atoms. The van der Waals surface area contributed by atoms with Crippen molar-refractivity contribution in [3.05, 3.63) is 35.9 Å². The first kappa shape index (κ1) is 21.0. The number of β-amino-alcohol motifs (C(OH)–C–C–N with tert-alkyl or cyclic N) is 1. The third-order valence-corrected chi connectivity index (χ3v) is 5.11. The van der Waals surface area contributed by atoms with Crippen molar-refractivity contribution in [1.29, 1.82) is 0 Å². The molecule has 2 amide bonds. The molecular formula is C19H27IN2O4. The quantitative estimate of drug-likeness (QED) is 0.520. The van der Waals surface area contributed by atoms with Gasteiger partial charge >= 0.3 is 6.09 Å². The number of rotatable bonds is 4. The fourth-order valence-corrected chi connectivity index (χ4v) is 3.47. The highest BCUT2D eigenvalue weighted by molar-refractivity contribution is 14.1. The largest absolute Gasteiger partial charge is 0.444 e. The fourth-order valence-electron chi connectivity index (χ4n) is 2.78. The number of nitrogens with one attached hydrogen (secondary N) is 1. The molecule has 0 radical (unpaired) electrons. The van der Waals surface area contributed by atoms with E-state index in [1.165, 1.54) is 4.90 Å². The van der Waals surface area contributed by atoms with Crippen LogP contribution in [0.25, 0.3) is 0 Å². The van der Waals surface area contributed by atoms with E-state index in [2.05, 4.69) is 27.9 Å². The summed E-state index contributed by atoms with van der Waals surface area (Å²) in [7, 11) is 0. The minimum absolute atomic E-state index is 0.0933. The summed E-state index contributed by atoms with van der Waals surface area (Å²) in [6, 6.07) is 9.48. The van der Waals surface area contributed by atoms with Gasteiger partial charge in [0, 0.05) is 6.54 Å². The smallest absolute Gasteiger partial charge is 0.410 e. The van der Waals surface area contributed by atoms with Crippen LogP contribution in [0.1, 0.15) is 32.8 Å². The third-order valence-electron chi connectivity index (χ3n) is 4.10. The first-order valence-electron chi connectivity index (χ1n) is 8.80. The molecule has 2 N–H and O–H groups in total. The van der Waals surface area contributed by atoms with Crippen molar-refractivity contribution in [3.63, 3.8) is 0 Å². The molecule has 2 rings (SSSR count). The average molecular weight is 474 g/mol. The van der Waals surface area contributed by atoms with Gasteiger partial charge in [0.2, 0.25) is 5.91 Å². The Morgan fingerprint density at radius 3 is 2.58 bits per heavy atom. The summed E-state index contributed by atoms with van der Waals surface area (Å²) < 4.78 is 5.12. The summed E-state index contributed by atoms with van der Waals surface area (Å²) >= 11 is 2.13. The molecule has 26 heavy (non-hydrogen) atoms. The second-order valence-electron chi connectivity index (χ2n) is 7.55. The Morgan fingerprint density at radius 1 is 1.35 bits per heavy atom. The number of halogens is 1. The van der Waals surface area contributed by atoms with E-state index in [1.54, 1.807) is 0 Å². The lowest BCUT2D eigenvalue weighted by atomic mass is 10.0. The van der Waals surface area contributed by atoms with Gasteiger partial charge in [-0.15, -0.1) is 0 Å². The number of amides is 2. The number of likely N-dealkylation sites (tertiary alicyclic amines) is 1. The van der Waals surface area contributed by atoms with Crippen LogP contribution in [0.3, 0.4) is 0 Å². The number of ether oxygens (including phenoxy) is 1. The Hall–Kier alpha value is -1.35. The van der Waals surface area contributed by atoms with Crippen molar-refractivity contribution in [2.24, 2.45) is 0 Å². The lowest BCUT2D eigenvalue weighted by molar-refractivity contribution is -0.122. The maximum Gasteiger partial charge on any atom is 0.410 e. The van der Waals surface area contributed by atoms with Gasteiger partial charge in [-0.2, -0.15) is 0 Å². The molecule has 0 aliphatic carbocycles. The van der Waals surface area contributed by atoms with Crippen LogP contribution in [0.2, 0.25) is 0 Å². The van der Waals surface area contributed by atoms with Crippen LogP contribution in [-0.4, -0.2) is 56.8 Å². The highest BCUT2D eigenvalue weighted by Crippen LogP contribution is 2.17. The number of carbonyl (C=O) groups is 2. The van der Waals surface area contributed by atoms with Gasteiger partial charge in [0.15, 0.2) is 0 Å². The number of benzene rings is 1. The molecule has 1 aliphatic rings. The minimum atomic E-state index is -0.805. The number of alkyl halides is 1. The minimum Gasteiger partial charge on any atom is -0.444 e. The monoisotopic (exact) mass is 474 g/mol. The zero-order chi connectivity index (χ0) is 19.3. The molecule has 3 atom stereocenters. The van der Waals surface area contributed by atoms with Crippen LogP contribution in [0.5, 0.6) is 0 Å². The predicted octanol–water partition coefficient (Wildman–Crippen LogP) is 2.52. The molecule has 0 aromatic heterocycles. The van der Waals surface area contributed by atoms with Crippen molar-refractivity contribution < 1.29 is 19.4 Å². The van der Waals surface area contributed by atoms with Crippen molar-refractivity contribution in [2.75, 3.05) is 13.1 Å². The Balaban J connectivity index is 1.83. The molecule has 6 nitrogen and oxygen atoms in total. The first-order valence-corrected chi connectivity index (χ1v) is 10.0. The van der Waals surface area contributed by atoms with Crippen LogP contribution >= 0.6 is 22.6 Å². The second-order valence-corrected chi connectivity index (χ2v) is 9.06. The highest BCUT2D eigenvalue weighted by atomic mass is 127. The van der Waals surface area contributed by atoms with Crippen LogP contribution in [0.4, 0.5) is 4.79 Å². The number of hydrogen-bond donors (Lipinski definition) is 2. The number of aliphatic hydroxyl groups excluding tert-OH is 1. The van der Waals surface area contributed by atoms with E-state index in [4.69, 9.17) is 4.74 Å². The van der Waals surface area contributed by atoms with Gasteiger partial charge in [-0.3, -0.25) is 4.79 Å². The molecule has 1 fully saturated rings.